The Hall–Kier alpha value is -4.43. The first-order chi connectivity index (χ1) is 19.6. The third kappa shape index (κ3) is 5.74. The van der Waals surface area contributed by atoms with Crippen LogP contribution in [0.4, 0.5) is 0 Å². The van der Waals surface area contributed by atoms with Gasteiger partial charge in [0, 0.05) is 37.1 Å². The SMILES string of the molecule is COc1cnc(-n2cnc(C)n2)c2c1cc(C(=O)C(=O)N1CCN(C(=O)c3ccccc3)CC1)n2COP(=O)(O)O. The summed E-state index contributed by atoms with van der Waals surface area (Å²) in [5.74, 6) is -1.13. The van der Waals surface area contributed by atoms with E-state index in [0.717, 1.165) is 4.57 Å². The highest BCUT2D eigenvalue weighted by Crippen LogP contribution is 2.38. The number of amides is 2. The van der Waals surface area contributed by atoms with Crippen LogP contribution in [0, 0.1) is 6.92 Å². The summed E-state index contributed by atoms with van der Waals surface area (Å²) in [5.41, 5.74) is 0.501. The summed E-state index contributed by atoms with van der Waals surface area (Å²) in [6, 6.07) is 10.1. The smallest absolute Gasteiger partial charge is 0.471 e. The van der Waals surface area contributed by atoms with Crippen molar-refractivity contribution < 1.29 is 38.0 Å². The molecular weight excluding hydrogens is 557 g/mol. The number of ether oxygens (including phenoxy) is 1. The maximum atomic E-state index is 13.6. The zero-order chi connectivity index (χ0) is 29.3. The number of methoxy groups -OCH3 is 1. The molecule has 1 saturated heterocycles. The Morgan fingerprint density at radius 1 is 1.02 bits per heavy atom. The molecule has 0 spiro atoms. The van der Waals surface area contributed by atoms with Crippen LogP contribution in [0.3, 0.4) is 0 Å². The summed E-state index contributed by atoms with van der Waals surface area (Å²) in [6.07, 6.45) is 2.77. The number of fused-ring (bicyclic) bond motifs is 1. The van der Waals surface area contributed by atoms with Crippen LogP contribution in [0.2, 0.25) is 0 Å². The predicted octanol–water partition coefficient (Wildman–Crippen LogP) is 1.17. The van der Waals surface area contributed by atoms with Crippen molar-refractivity contribution in [2.24, 2.45) is 0 Å². The minimum atomic E-state index is -4.98. The molecule has 15 nitrogen and oxygen atoms in total. The standard InChI is InChI=1S/C25H26N7O8P/c1-16-27-14-32(28-16)23-21-18(20(39-2)13-26-23)12-19(31(21)15-40-41(36,37)38)22(33)25(35)30-10-8-29(9-11-30)24(34)17-6-4-3-5-7-17/h3-7,12-14H,8-11,15H2,1-2H3,(H2,36,37,38). The van der Waals surface area contributed by atoms with E-state index in [9.17, 15) is 28.7 Å². The lowest BCUT2D eigenvalue weighted by molar-refractivity contribution is -0.127. The van der Waals surface area contributed by atoms with E-state index in [1.165, 1.54) is 35.3 Å². The van der Waals surface area contributed by atoms with E-state index in [4.69, 9.17) is 9.26 Å². The number of hydrogen-bond donors (Lipinski definition) is 2. The van der Waals surface area contributed by atoms with E-state index < -0.39 is 26.2 Å². The zero-order valence-electron chi connectivity index (χ0n) is 22.1. The number of phosphoric ester groups is 1. The molecule has 41 heavy (non-hydrogen) atoms. The maximum Gasteiger partial charge on any atom is 0.471 e. The molecule has 0 atom stereocenters. The van der Waals surface area contributed by atoms with Gasteiger partial charge in [-0.3, -0.25) is 18.9 Å². The number of carbonyl (C=O) groups excluding carboxylic acids is 3. The van der Waals surface area contributed by atoms with Gasteiger partial charge in [0.15, 0.2) is 5.82 Å². The van der Waals surface area contributed by atoms with E-state index in [2.05, 4.69) is 15.1 Å². The monoisotopic (exact) mass is 583 g/mol. The van der Waals surface area contributed by atoms with Crippen molar-refractivity contribution in [2.45, 2.75) is 13.7 Å². The topological polar surface area (TPSA) is 182 Å². The van der Waals surface area contributed by atoms with Crippen molar-refractivity contribution in [3.05, 3.63) is 66.0 Å². The molecule has 1 aromatic carbocycles. The molecule has 0 unspecified atom stereocenters. The number of pyridine rings is 1. The number of aryl methyl sites for hydroxylation is 1. The van der Waals surface area contributed by atoms with Crippen LogP contribution in [-0.2, 0) is 20.6 Å². The predicted molar refractivity (Wildman–Crippen MR) is 142 cm³/mol. The Labute approximate surface area is 233 Å². The van der Waals surface area contributed by atoms with E-state index >= 15 is 0 Å². The fourth-order valence-corrected chi connectivity index (χ4v) is 4.86. The molecule has 214 valence electrons. The Bertz CT molecular complexity index is 1670. The summed E-state index contributed by atoms with van der Waals surface area (Å²) in [7, 11) is -3.59. The number of piperazine rings is 1. The molecule has 3 aromatic heterocycles. The second-order valence-corrected chi connectivity index (χ2v) is 10.4. The van der Waals surface area contributed by atoms with Gasteiger partial charge in [0.25, 0.3) is 17.6 Å². The summed E-state index contributed by atoms with van der Waals surface area (Å²) < 4.78 is 24.2. The van der Waals surface area contributed by atoms with Crippen LogP contribution in [0.5, 0.6) is 5.75 Å². The summed E-state index contributed by atoms with van der Waals surface area (Å²) in [6.45, 7) is 1.58. The Morgan fingerprint density at radius 3 is 2.32 bits per heavy atom. The number of rotatable bonds is 8. The van der Waals surface area contributed by atoms with Crippen molar-refractivity contribution in [2.75, 3.05) is 33.3 Å². The number of nitrogens with zero attached hydrogens (tertiary/aromatic N) is 7. The van der Waals surface area contributed by atoms with Gasteiger partial charge in [0.1, 0.15) is 24.6 Å². The molecule has 4 heterocycles. The van der Waals surface area contributed by atoms with Crippen LogP contribution >= 0.6 is 7.82 Å². The molecule has 0 saturated carbocycles. The van der Waals surface area contributed by atoms with Crippen LogP contribution in [-0.4, -0.2) is 94.8 Å². The summed E-state index contributed by atoms with van der Waals surface area (Å²) in [5, 5.41) is 4.57. The fourth-order valence-electron chi connectivity index (χ4n) is 4.59. The lowest BCUT2D eigenvalue weighted by Gasteiger charge is -2.34. The number of aromatic nitrogens is 5. The molecule has 2 N–H and O–H groups in total. The van der Waals surface area contributed by atoms with E-state index in [1.807, 2.05) is 6.07 Å². The van der Waals surface area contributed by atoms with Crippen LogP contribution in [0.15, 0.2) is 48.9 Å². The van der Waals surface area contributed by atoms with Gasteiger partial charge in [-0.25, -0.2) is 19.2 Å². The van der Waals surface area contributed by atoms with Crippen molar-refractivity contribution in [3.8, 4) is 11.6 Å². The average Bonchev–Trinajstić information content (AvgIpc) is 3.58. The van der Waals surface area contributed by atoms with Crippen LogP contribution in [0.1, 0.15) is 26.7 Å². The van der Waals surface area contributed by atoms with Crippen LogP contribution < -0.4 is 4.74 Å². The highest BCUT2D eigenvalue weighted by atomic mass is 31.2. The van der Waals surface area contributed by atoms with Crippen LogP contribution in [0.25, 0.3) is 16.7 Å². The van der Waals surface area contributed by atoms with Gasteiger partial charge in [-0.05, 0) is 25.1 Å². The minimum absolute atomic E-state index is 0.122. The highest BCUT2D eigenvalue weighted by Gasteiger charge is 2.33. The Balaban J connectivity index is 1.48. The number of phosphoric acid groups is 1. The van der Waals surface area contributed by atoms with Crippen molar-refractivity contribution in [1.29, 1.82) is 0 Å². The normalized spacial score (nSPS) is 14.0. The second-order valence-electron chi connectivity index (χ2n) is 9.13. The minimum Gasteiger partial charge on any atom is -0.494 e. The Kier molecular flexibility index (Phi) is 7.69. The summed E-state index contributed by atoms with van der Waals surface area (Å²) in [4.78, 5) is 69.9. The van der Waals surface area contributed by atoms with Gasteiger partial charge >= 0.3 is 7.82 Å². The van der Waals surface area contributed by atoms with Gasteiger partial charge in [0.05, 0.1) is 24.5 Å². The molecule has 1 aliphatic rings. The second kappa shape index (κ2) is 11.2. The molecule has 4 aromatic rings. The first kappa shape index (κ1) is 28.1. The molecule has 0 bridgehead atoms. The first-order valence-electron chi connectivity index (χ1n) is 12.4. The fraction of sp³-hybridized carbons (Fsp3) is 0.280. The van der Waals surface area contributed by atoms with Gasteiger partial charge < -0.3 is 28.9 Å². The lowest BCUT2D eigenvalue weighted by Crippen LogP contribution is -2.52. The van der Waals surface area contributed by atoms with Gasteiger partial charge in [0.2, 0.25) is 0 Å². The average molecular weight is 583 g/mol. The molecule has 0 radical (unpaired) electrons. The first-order valence-corrected chi connectivity index (χ1v) is 13.9. The number of carbonyl (C=O) groups is 3. The molecule has 0 aliphatic carbocycles. The van der Waals surface area contributed by atoms with Crippen molar-refractivity contribution in [3.63, 3.8) is 0 Å². The van der Waals surface area contributed by atoms with Crippen molar-refractivity contribution >= 4 is 36.3 Å². The molecule has 2 amide bonds. The number of Topliss-reactive ketones (excluding diaryl/α,β-unsaturated/α-hetero) is 1. The largest absolute Gasteiger partial charge is 0.494 e. The third-order valence-corrected chi connectivity index (χ3v) is 7.03. The maximum absolute atomic E-state index is 13.6. The highest BCUT2D eigenvalue weighted by molar-refractivity contribution is 7.46. The lowest BCUT2D eigenvalue weighted by atomic mass is 10.1. The van der Waals surface area contributed by atoms with Crippen molar-refractivity contribution in [1.82, 2.24) is 34.1 Å². The Morgan fingerprint density at radius 2 is 1.71 bits per heavy atom. The molecule has 1 aliphatic heterocycles. The number of benzene rings is 1. The molecule has 16 heteroatoms. The van der Waals surface area contributed by atoms with E-state index in [1.54, 1.807) is 36.1 Å². The van der Waals surface area contributed by atoms with Gasteiger partial charge in [-0.1, -0.05) is 18.2 Å². The van der Waals surface area contributed by atoms with Gasteiger partial charge in [-0.2, -0.15) is 5.10 Å². The molecule has 5 rings (SSSR count). The van der Waals surface area contributed by atoms with Gasteiger partial charge in [-0.15, -0.1) is 0 Å². The molecule has 1 fully saturated rings. The third-order valence-electron chi connectivity index (χ3n) is 6.58. The zero-order valence-corrected chi connectivity index (χ0v) is 23.0. The van der Waals surface area contributed by atoms with E-state index in [-0.39, 0.29) is 54.9 Å². The quantitative estimate of drug-likeness (QED) is 0.173. The van der Waals surface area contributed by atoms with E-state index in [0.29, 0.717) is 16.8 Å². The number of ketones is 1. The number of hydrogen-bond acceptors (Lipinski definition) is 9. The molecular formula is C25H26N7O8P. The summed E-state index contributed by atoms with van der Waals surface area (Å²) >= 11 is 0.